The van der Waals surface area contributed by atoms with Crippen molar-refractivity contribution < 1.29 is 14.3 Å². The molecule has 1 amide bonds. The molecule has 3 aromatic carbocycles. The van der Waals surface area contributed by atoms with Crippen LogP contribution in [-0.2, 0) is 11.4 Å². The predicted molar refractivity (Wildman–Crippen MR) is 151 cm³/mol. The third kappa shape index (κ3) is 5.55. The lowest BCUT2D eigenvalue weighted by Crippen LogP contribution is -2.50. The number of unbranched alkanes of at least 4 members (excludes halogenated alkanes) is 3. The monoisotopic (exact) mass is 528 g/mol. The Morgan fingerprint density at radius 2 is 1.79 bits per heavy atom. The zero-order valence-electron chi connectivity index (χ0n) is 21.7. The van der Waals surface area contributed by atoms with Crippen LogP contribution in [0.2, 0.25) is 0 Å². The minimum Gasteiger partial charge on any atom is -0.493 e. The first-order valence-corrected chi connectivity index (χ1v) is 14.0. The molecule has 2 aliphatic rings. The number of ether oxygens (including phenoxy) is 2. The third-order valence-corrected chi connectivity index (χ3v) is 7.44. The van der Waals surface area contributed by atoms with Crippen LogP contribution < -0.4 is 25.4 Å². The minimum absolute atomic E-state index is 0.182. The molecule has 38 heavy (non-hydrogen) atoms. The molecule has 196 valence electrons. The number of carbonyl (C=O) groups excluding carboxylic acids is 1. The summed E-state index contributed by atoms with van der Waals surface area (Å²) in [5.74, 6) is 1.90. The summed E-state index contributed by atoms with van der Waals surface area (Å²) in [5, 5.41) is 11.7. The van der Waals surface area contributed by atoms with Gasteiger partial charge in [-0.3, -0.25) is 15.1 Å². The van der Waals surface area contributed by atoms with E-state index in [1.807, 2.05) is 72.8 Å². The summed E-state index contributed by atoms with van der Waals surface area (Å²) in [6, 6.07) is 23.4. The van der Waals surface area contributed by atoms with E-state index < -0.39 is 6.17 Å². The van der Waals surface area contributed by atoms with Gasteiger partial charge in [0.15, 0.2) is 22.8 Å². The van der Waals surface area contributed by atoms with Crippen LogP contribution >= 0.6 is 11.8 Å². The van der Waals surface area contributed by atoms with Crippen LogP contribution in [0.15, 0.2) is 82.9 Å². The lowest BCUT2D eigenvalue weighted by molar-refractivity contribution is -0.116. The highest BCUT2D eigenvalue weighted by Crippen LogP contribution is 2.40. The van der Waals surface area contributed by atoms with Gasteiger partial charge in [0.05, 0.1) is 12.5 Å². The number of hydrazone groups is 1. The molecule has 8 heteroatoms. The molecule has 0 saturated carbocycles. The Morgan fingerprint density at radius 3 is 2.61 bits per heavy atom. The fourth-order valence-corrected chi connectivity index (χ4v) is 5.43. The van der Waals surface area contributed by atoms with Crippen LogP contribution in [0.3, 0.4) is 0 Å². The number of thioether (sulfide) groups is 1. The average molecular weight is 529 g/mol. The van der Waals surface area contributed by atoms with E-state index in [4.69, 9.17) is 19.6 Å². The summed E-state index contributed by atoms with van der Waals surface area (Å²) in [6.45, 7) is 2.57. The number of fused-ring (bicyclic) bond motifs is 2. The maximum atomic E-state index is 13.5. The highest BCUT2D eigenvalue weighted by molar-refractivity contribution is 8.13. The van der Waals surface area contributed by atoms with E-state index in [0.717, 1.165) is 33.9 Å². The molecule has 0 radical (unpaired) electrons. The Bertz CT molecular complexity index is 1440. The Morgan fingerprint density at radius 1 is 0.974 bits per heavy atom. The fraction of sp³-hybridized carbons (Fsp3) is 0.300. The Hall–Kier alpha value is -3.78. The van der Waals surface area contributed by atoms with Gasteiger partial charge in [0.1, 0.15) is 12.3 Å². The van der Waals surface area contributed by atoms with Gasteiger partial charge in [-0.25, -0.2) is 5.01 Å². The molecule has 0 spiro atoms. The number of amides is 1. The van der Waals surface area contributed by atoms with Crippen LogP contribution in [0.5, 0.6) is 11.5 Å². The maximum absolute atomic E-state index is 13.5. The Kier molecular flexibility index (Phi) is 8.28. The largest absolute Gasteiger partial charge is 0.493 e. The average Bonchev–Trinajstić information content (AvgIpc) is 2.95. The fourth-order valence-electron chi connectivity index (χ4n) is 4.57. The smallest absolute Gasteiger partial charge is 0.276 e. The lowest BCUT2D eigenvalue weighted by Gasteiger charge is -2.34. The van der Waals surface area contributed by atoms with Crippen molar-refractivity contribution in [2.24, 2.45) is 10.1 Å². The van der Waals surface area contributed by atoms with Crippen LogP contribution in [0.25, 0.3) is 5.70 Å². The zero-order chi connectivity index (χ0) is 26.3. The SMILES string of the molecule is CCCCCCSC1=NN2C(=c3ccccc3=N[C@@H]2c2cccc(OC)c2OCc2ccccc2)C(=O)N1. The zero-order valence-corrected chi connectivity index (χ0v) is 22.5. The topological polar surface area (TPSA) is 75.5 Å². The van der Waals surface area contributed by atoms with Gasteiger partial charge in [0.2, 0.25) is 0 Å². The Balaban J connectivity index is 1.54. The van der Waals surface area contributed by atoms with Crippen molar-refractivity contribution in [1.82, 2.24) is 10.3 Å². The molecule has 0 fully saturated rings. The van der Waals surface area contributed by atoms with Crippen molar-refractivity contribution in [2.45, 2.75) is 45.4 Å². The van der Waals surface area contributed by atoms with Gasteiger partial charge < -0.3 is 9.47 Å². The van der Waals surface area contributed by atoms with Gasteiger partial charge in [-0.15, -0.1) is 5.10 Å². The van der Waals surface area contributed by atoms with Crippen LogP contribution in [0.4, 0.5) is 0 Å². The summed E-state index contributed by atoms with van der Waals surface area (Å²) in [6.07, 6.45) is 4.05. The normalized spacial score (nSPS) is 16.1. The van der Waals surface area contributed by atoms with E-state index in [2.05, 4.69) is 12.2 Å². The molecule has 2 aliphatic heterocycles. The van der Waals surface area contributed by atoms with Crippen molar-refractivity contribution >= 4 is 28.5 Å². The highest BCUT2D eigenvalue weighted by atomic mass is 32.2. The second-order valence-corrected chi connectivity index (χ2v) is 10.2. The van der Waals surface area contributed by atoms with Crippen molar-refractivity contribution in [3.05, 3.63) is 94.5 Å². The number of para-hydroxylation sites is 2. The van der Waals surface area contributed by atoms with E-state index in [1.165, 1.54) is 19.3 Å². The summed E-state index contributed by atoms with van der Waals surface area (Å²) in [5.41, 5.74) is 2.30. The number of amidine groups is 1. The second kappa shape index (κ2) is 12.2. The summed E-state index contributed by atoms with van der Waals surface area (Å²) < 4.78 is 12.0. The van der Waals surface area contributed by atoms with E-state index in [1.54, 1.807) is 23.9 Å². The Labute approximate surface area is 227 Å². The van der Waals surface area contributed by atoms with Gasteiger partial charge >= 0.3 is 0 Å². The number of nitrogens with zero attached hydrogens (tertiary/aromatic N) is 3. The summed E-state index contributed by atoms with van der Waals surface area (Å²) in [4.78, 5) is 18.5. The standard InChI is InChI=1S/C30H32N4O3S/c1-3-4-5-11-19-38-30-32-29(35)26-22-15-9-10-17-24(22)31-28(34(26)33-30)23-16-12-18-25(36-2)27(23)37-20-21-13-7-6-8-14-21/h6-10,12-18,28H,3-5,11,19-20H2,1-2H3,(H,32,33,35)/t28-/m0/s1. The molecule has 7 nitrogen and oxygen atoms in total. The van der Waals surface area contributed by atoms with Crippen molar-refractivity contribution in [2.75, 3.05) is 12.9 Å². The maximum Gasteiger partial charge on any atom is 0.276 e. The summed E-state index contributed by atoms with van der Waals surface area (Å²) >= 11 is 1.57. The third-order valence-electron chi connectivity index (χ3n) is 6.49. The van der Waals surface area contributed by atoms with E-state index >= 15 is 0 Å². The first kappa shape index (κ1) is 25.9. The molecular weight excluding hydrogens is 496 g/mol. The molecule has 0 bridgehead atoms. The predicted octanol–water partition coefficient (Wildman–Crippen LogP) is 4.73. The number of hydrogen-bond donors (Lipinski definition) is 1. The summed E-state index contributed by atoms with van der Waals surface area (Å²) in [7, 11) is 1.62. The minimum atomic E-state index is -0.595. The highest BCUT2D eigenvalue weighted by Gasteiger charge is 2.36. The number of benzene rings is 3. The van der Waals surface area contributed by atoms with E-state index in [0.29, 0.717) is 29.0 Å². The van der Waals surface area contributed by atoms with E-state index in [9.17, 15) is 4.79 Å². The first-order valence-electron chi connectivity index (χ1n) is 13.0. The molecule has 2 heterocycles. The molecular formula is C30H32N4O3S. The number of carbonyl (C=O) groups is 1. The number of methoxy groups -OCH3 is 1. The molecule has 1 N–H and O–H groups in total. The quantitative estimate of drug-likeness (QED) is 0.385. The molecule has 0 saturated heterocycles. The molecule has 0 unspecified atom stereocenters. The molecule has 1 atom stereocenters. The van der Waals surface area contributed by atoms with Crippen molar-refractivity contribution in [1.29, 1.82) is 0 Å². The molecule has 5 rings (SSSR count). The molecule has 0 aromatic heterocycles. The van der Waals surface area contributed by atoms with Crippen LogP contribution in [0, 0.1) is 0 Å². The number of nitrogens with one attached hydrogen (secondary N) is 1. The van der Waals surface area contributed by atoms with Crippen molar-refractivity contribution in [3.8, 4) is 11.5 Å². The molecule has 0 aliphatic carbocycles. The first-order chi connectivity index (χ1) is 18.7. The van der Waals surface area contributed by atoms with Crippen LogP contribution in [-0.4, -0.2) is 28.9 Å². The van der Waals surface area contributed by atoms with Gasteiger partial charge in [0.25, 0.3) is 5.91 Å². The van der Waals surface area contributed by atoms with Crippen LogP contribution in [0.1, 0.15) is 49.9 Å². The van der Waals surface area contributed by atoms with Gasteiger partial charge in [0, 0.05) is 16.5 Å². The number of hydrogen-bond acceptors (Lipinski definition) is 7. The van der Waals surface area contributed by atoms with Gasteiger partial charge in [-0.05, 0) is 24.1 Å². The van der Waals surface area contributed by atoms with Crippen molar-refractivity contribution in [3.63, 3.8) is 0 Å². The van der Waals surface area contributed by atoms with Gasteiger partial charge in [-0.1, -0.05) is 98.6 Å². The number of rotatable bonds is 10. The second-order valence-electron chi connectivity index (χ2n) is 9.13. The van der Waals surface area contributed by atoms with Gasteiger partial charge in [-0.2, -0.15) is 0 Å². The lowest BCUT2D eigenvalue weighted by atomic mass is 10.1. The van der Waals surface area contributed by atoms with E-state index in [-0.39, 0.29) is 5.91 Å². The molecule has 3 aromatic rings.